The summed E-state index contributed by atoms with van der Waals surface area (Å²) in [5, 5.41) is 4.20. The number of aromatic amines is 1. The second kappa shape index (κ2) is 7.43. The fourth-order valence-corrected chi connectivity index (χ4v) is 5.18. The van der Waals surface area contributed by atoms with Crippen molar-refractivity contribution in [3.05, 3.63) is 31.0 Å². The molecule has 2 N–H and O–H groups in total. The number of carbonyl (C=O) groups is 1. The van der Waals surface area contributed by atoms with Crippen LogP contribution in [0, 0.1) is 5.41 Å². The van der Waals surface area contributed by atoms with Gasteiger partial charge in [0.25, 0.3) is 0 Å². The predicted octanol–water partition coefficient (Wildman–Crippen LogP) is 2.88. The molecule has 2 fully saturated rings. The fourth-order valence-electron chi connectivity index (χ4n) is 5.18. The van der Waals surface area contributed by atoms with Crippen LogP contribution in [0.3, 0.4) is 0 Å². The van der Waals surface area contributed by atoms with Crippen LogP contribution in [0.5, 0.6) is 5.88 Å². The smallest absolute Gasteiger partial charge is 0.233 e. The Morgan fingerprint density at radius 2 is 2.06 bits per heavy atom. The van der Waals surface area contributed by atoms with Gasteiger partial charge in [0.15, 0.2) is 0 Å². The van der Waals surface area contributed by atoms with Gasteiger partial charge in [-0.15, -0.1) is 0 Å². The van der Waals surface area contributed by atoms with E-state index in [9.17, 15) is 4.79 Å². The Balaban J connectivity index is 1.24. The summed E-state index contributed by atoms with van der Waals surface area (Å²) in [6.45, 7) is 3.85. The summed E-state index contributed by atoms with van der Waals surface area (Å²) >= 11 is 0. The molecule has 4 aromatic rings. The van der Waals surface area contributed by atoms with E-state index in [1.165, 1.54) is 0 Å². The largest absolute Gasteiger partial charge is 0.480 e. The first-order valence-corrected chi connectivity index (χ1v) is 11.3. The van der Waals surface area contributed by atoms with Crippen molar-refractivity contribution in [1.82, 2.24) is 34.2 Å². The van der Waals surface area contributed by atoms with Gasteiger partial charge >= 0.3 is 0 Å². The van der Waals surface area contributed by atoms with Crippen LogP contribution in [0.1, 0.15) is 32.6 Å². The molecule has 6 rings (SSSR count). The molecule has 1 aliphatic heterocycles. The lowest BCUT2D eigenvalue weighted by Crippen LogP contribution is -2.53. The number of aromatic nitrogens is 6. The minimum Gasteiger partial charge on any atom is -0.480 e. The van der Waals surface area contributed by atoms with Gasteiger partial charge in [-0.1, -0.05) is 6.92 Å². The van der Waals surface area contributed by atoms with Gasteiger partial charge in [0.05, 0.1) is 17.9 Å². The Morgan fingerprint density at radius 3 is 2.85 bits per heavy atom. The van der Waals surface area contributed by atoms with Crippen molar-refractivity contribution in [3.63, 3.8) is 0 Å². The zero-order valence-corrected chi connectivity index (χ0v) is 18.7. The van der Waals surface area contributed by atoms with Crippen molar-refractivity contribution in [2.24, 2.45) is 5.41 Å². The van der Waals surface area contributed by atoms with Crippen LogP contribution in [-0.2, 0) is 4.79 Å². The molecule has 1 saturated heterocycles. The van der Waals surface area contributed by atoms with Crippen LogP contribution >= 0.6 is 0 Å². The topological polar surface area (TPSA) is 113 Å². The molecule has 0 bridgehead atoms. The number of ether oxygens (including phenoxy) is 1. The monoisotopic (exact) mass is 446 g/mol. The molecule has 0 radical (unpaired) electrons. The lowest BCUT2D eigenvalue weighted by molar-refractivity contribution is -0.145. The van der Waals surface area contributed by atoms with E-state index in [2.05, 4.69) is 37.2 Å². The third-order valence-electron chi connectivity index (χ3n) is 6.88. The summed E-state index contributed by atoms with van der Waals surface area (Å²) in [6.07, 6.45) is 13.0. The van der Waals surface area contributed by atoms with Crippen LogP contribution in [0.4, 0.5) is 5.95 Å². The van der Waals surface area contributed by atoms with Crippen molar-refractivity contribution < 1.29 is 9.53 Å². The Hall–Kier alpha value is -3.69. The van der Waals surface area contributed by atoms with Crippen LogP contribution in [0.15, 0.2) is 31.0 Å². The Labute approximate surface area is 190 Å². The number of nitrogens with zero attached hydrogens (tertiary/aromatic N) is 6. The normalized spacial score (nSPS) is 22.6. The molecule has 4 aromatic heterocycles. The molecule has 5 heterocycles. The number of amides is 1. The van der Waals surface area contributed by atoms with Gasteiger partial charge < -0.3 is 19.9 Å². The summed E-state index contributed by atoms with van der Waals surface area (Å²) < 4.78 is 7.50. The maximum Gasteiger partial charge on any atom is 0.233 e. The van der Waals surface area contributed by atoms with Crippen LogP contribution in [0.2, 0.25) is 0 Å². The van der Waals surface area contributed by atoms with E-state index in [0.717, 1.165) is 55.3 Å². The first-order valence-electron chi connectivity index (χ1n) is 11.3. The predicted molar refractivity (Wildman–Crippen MR) is 123 cm³/mol. The van der Waals surface area contributed by atoms with E-state index in [4.69, 9.17) is 4.74 Å². The Morgan fingerprint density at radius 1 is 1.24 bits per heavy atom. The fraction of sp³-hybridized carbons (Fsp3) is 0.435. The molecule has 0 spiro atoms. The Bertz CT molecular complexity index is 1350. The number of rotatable bonds is 5. The van der Waals surface area contributed by atoms with Crippen molar-refractivity contribution in [2.75, 3.05) is 25.5 Å². The summed E-state index contributed by atoms with van der Waals surface area (Å²) in [4.78, 5) is 36.0. The van der Waals surface area contributed by atoms with Gasteiger partial charge in [-0.25, -0.2) is 9.97 Å². The molecule has 2 aliphatic rings. The highest BCUT2D eigenvalue weighted by molar-refractivity contribution is 5.97. The number of hydrogen-bond acceptors (Lipinski definition) is 7. The number of nitrogens with one attached hydrogen (secondary N) is 2. The van der Waals surface area contributed by atoms with Crippen LogP contribution in [-0.4, -0.2) is 66.4 Å². The number of anilines is 1. The minimum atomic E-state index is -0.297. The number of likely N-dealkylation sites (tertiary alicyclic amines) is 1. The van der Waals surface area contributed by atoms with Gasteiger partial charge in [0.1, 0.15) is 5.65 Å². The van der Waals surface area contributed by atoms with Gasteiger partial charge in [0, 0.05) is 61.2 Å². The highest BCUT2D eigenvalue weighted by Crippen LogP contribution is 2.44. The maximum atomic E-state index is 12.9. The summed E-state index contributed by atoms with van der Waals surface area (Å²) in [7, 11) is 1.61. The lowest BCUT2D eigenvalue weighted by Gasteiger charge is -2.45. The van der Waals surface area contributed by atoms with Gasteiger partial charge in [-0.2, -0.15) is 9.97 Å². The molecule has 10 heteroatoms. The summed E-state index contributed by atoms with van der Waals surface area (Å²) in [5.41, 5.74) is 2.20. The molecule has 33 heavy (non-hydrogen) atoms. The first kappa shape index (κ1) is 20.0. The molecule has 1 saturated carbocycles. The lowest BCUT2D eigenvalue weighted by atomic mass is 9.66. The molecule has 10 nitrogen and oxygen atoms in total. The second-order valence-corrected chi connectivity index (χ2v) is 9.27. The summed E-state index contributed by atoms with van der Waals surface area (Å²) in [5.74, 6) is 1.91. The van der Waals surface area contributed by atoms with E-state index in [-0.39, 0.29) is 17.4 Å². The van der Waals surface area contributed by atoms with E-state index >= 15 is 0 Å². The number of methoxy groups -OCH3 is 1. The molecule has 1 aliphatic carbocycles. The number of carbonyl (C=O) groups excluding carboxylic acids is 1. The first-order chi connectivity index (χ1) is 16.0. The maximum absolute atomic E-state index is 12.9. The highest BCUT2D eigenvalue weighted by atomic mass is 16.5. The van der Waals surface area contributed by atoms with Crippen molar-refractivity contribution >= 4 is 28.7 Å². The number of imidazole rings is 1. The standard InChI is InChI=1S/C23H26N8O2/c1-23(20(32)30-6-3-4-7-30)9-15(10-23)27-21-28-18-17(19(29-21)33-2)16(12-25-18)14-11-26-22-24-5-8-31(22)13-14/h5,8,11-13,15H,3-4,6-7,9-10H2,1-2H3,(H2,25,27,28,29)/t15-,23-. The molecule has 0 aromatic carbocycles. The molecular weight excluding hydrogens is 420 g/mol. The quantitative estimate of drug-likeness (QED) is 0.485. The van der Waals surface area contributed by atoms with Gasteiger partial charge in [0.2, 0.25) is 23.5 Å². The molecule has 0 atom stereocenters. The molecular formula is C23H26N8O2. The van der Waals surface area contributed by atoms with Gasteiger partial charge in [-0.3, -0.25) is 9.20 Å². The number of H-pyrrole nitrogens is 1. The zero-order valence-electron chi connectivity index (χ0n) is 18.7. The van der Waals surface area contributed by atoms with Crippen molar-refractivity contribution in [1.29, 1.82) is 0 Å². The SMILES string of the molecule is COc1nc(N[C@H]2C[C@](C)(C(=O)N3CCCC3)C2)nc2[nH]cc(-c3cnc4nccn4c3)c12. The van der Waals surface area contributed by atoms with E-state index in [1.807, 2.05) is 27.9 Å². The van der Waals surface area contributed by atoms with Gasteiger partial charge in [-0.05, 0) is 25.7 Å². The van der Waals surface area contributed by atoms with E-state index in [0.29, 0.717) is 23.3 Å². The van der Waals surface area contributed by atoms with Crippen molar-refractivity contribution in [2.45, 2.75) is 38.6 Å². The Kier molecular flexibility index (Phi) is 4.49. The second-order valence-electron chi connectivity index (χ2n) is 9.27. The van der Waals surface area contributed by atoms with Crippen molar-refractivity contribution in [3.8, 4) is 17.0 Å². The van der Waals surface area contributed by atoms with Crippen LogP contribution < -0.4 is 10.1 Å². The zero-order chi connectivity index (χ0) is 22.6. The molecule has 1 amide bonds. The van der Waals surface area contributed by atoms with E-state index < -0.39 is 0 Å². The number of hydrogen-bond donors (Lipinski definition) is 2. The minimum absolute atomic E-state index is 0.158. The average molecular weight is 447 g/mol. The number of fused-ring (bicyclic) bond motifs is 2. The van der Waals surface area contributed by atoms with Crippen LogP contribution in [0.25, 0.3) is 27.9 Å². The van der Waals surface area contributed by atoms with E-state index in [1.54, 1.807) is 19.5 Å². The highest BCUT2D eigenvalue weighted by Gasteiger charge is 2.48. The average Bonchev–Trinajstić information content (AvgIpc) is 3.56. The molecule has 170 valence electrons. The summed E-state index contributed by atoms with van der Waals surface area (Å²) in [6, 6.07) is 0.158. The third kappa shape index (κ3) is 3.28. The molecule has 0 unspecified atom stereocenters. The third-order valence-corrected chi connectivity index (χ3v) is 6.88.